The Labute approximate surface area is 61.2 Å². The van der Waals surface area contributed by atoms with E-state index in [4.69, 9.17) is 11.7 Å². The second-order valence-corrected chi connectivity index (χ2v) is 3.48. The van der Waals surface area contributed by atoms with Gasteiger partial charge in [0.1, 0.15) is 0 Å². The summed E-state index contributed by atoms with van der Waals surface area (Å²) >= 11 is 4.73. The summed E-state index contributed by atoms with van der Waals surface area (Å²) in [5.74, 6) is 2.01. The predicted molar refractivity (Wildman–Crippen MR) is 44.1 cm³/mol. The average Bonchev–Trinajstić information content (AvgIpc) is 1.83. The van der Waals surface area contributed by atoms with Crippen LogP contribution in [0.3, 0.4) is 0 Å². The first kappa shape index (κ1) is 8.70. The minimum atomic E-state index is 0.866. The van der Waals surface area contributed by atoms with Crippen molar-refractivity contribution in [3.63, 3.8) is 0 Å². The van der Waals surface area contributed by atoms with E-state index in [1.165, 1.54) is 23.6 Å². The molecule has 0 amide bonds. The zero-order valence-electron chi connectivity index (χ0n) is 5.52. The molecule has 1 radical (unpaired) electrons. The van der Waals surface area contributed by atoms with Crippen molar-refractivity contribution in [3.05, 3.63) is 0 Å². The number of hydrogen-bond acceptors (Lipinski definition) is 1. The molecule has 8 heavy (non-hydrogen) atoms. The van der Waals surface area contributed by atoms with Crippen molar-refractivity contribution in [1.82, 2.24) is 0 Å². The summed E-state index contributed by atoms with van der Waals surface area (Å²) in [6.45, 7) is 4.49. The minimum absolute atomic E-state index is 0.866. The average molecular weight is 149 g/mol. The molecule has 0 aliphatic heterocycles. The van der Waals surface area contributed by atoms with Gasteiger partial charge >= 0.3 is 0 Å². The third-order valence-electron chi connectivity index (χ3n) is 1.39. The quantitative estimate of drug-likeness (QED) is 0.553. The van der Waals surface area contributed by atoms with E-state index in [1.807, 2.05) is 0 Å². The highest BCUT2D eigenvalue weighted by Crippen LogP contribution is 2.13. The van der Waals surface area contributed by atoms with Gasteiger partial charge in [-0.05, 0) is 24.0 Å². The Morgan fingerprint density at radius 2 is 2.25 bits per heavy atom. The Morgan fingerprint density at radius 3 is 2.62 bits per heavy atom. The van der Waals surface area contributed by atoms with Crippen LogP contribution < -0.4 is 0 Å². The molecular weight excluding hydrogens is 136 g/mol. The fourth-order valence-corrected chi connectivity index (χ4v) is 1.24. The molecule has 0 saturated carbocycles. The van der Waals surface area contributed by atoms with Crippen LogP contribution in [0.25, 0.3) is 0 Å². The summed E-state index contributed by atoms with van der Waals surface area (Å²) in [6, 6.07) is 0. The Hall–Kier alpha value is 0.700. The van der Waals surface area contributed by atoms with Gasteiger partial charge in [0.2, 0.25) is 0 Å². The van der Waals surface area contributed by atoms with Crippen LogP contribution in [0.1, 0.15) is 26.7 Å². The largest absolute Gasteiger partial charge is 0.0817 e. The van der Waals surface area contributed by atoms with E-state index in [0.717, 1.165) is 11.7 Å². The van der Waals surface area contributed by atoms with Gasteiger partial charge in [-0.25, -0.2) is 0 Å². The van der Waals surface area contributed by atoms with E-state index >= 15 is 0 Å². The Kier molecular flexibility index (Phi) is 6.34. The van der Waals surface area contributed by atoms with E-state index in [2.05, 4.69) is 13.8 Å². The lowest BCUT2D eigenvalue weighted by Gasteiger charge is -2.03. The van der Waals surface area contributed by atoms with E-state index in [-0.39, 0.29) is 0 Å². The van der Waals surface area contributed by atoms with Crippen LogP contribution in [-0.2, 0) is 0 Å². The van der Waals surface area contributed by atoms with Crippen molar-refractivity contribution in [2.45, 2.75) is 26.7 Å². The Bertz CT molecular complexity index is 45.8. The van der Waals surface area contributed by atoms with Crippen molar-refractivity contribution in [2.24, 2.45) is 5.92 Å². The highest BCUT2D eigenvalue weighted by atomic mass is 33.1. The zero-order valence-corrected chi connectivity index (χ0v) is 7.15. The first-order valence-electron chi connectivity index (χ1n) is 3.06. The topological polar surface area (TPSA) is 0 Å². The third kappa shape index (κ3) is 4.85. The van der Waals surface area contributed by atoms with Crippen molar-refractivity contribution in [3.8, 4) is 0 Å². The second kappa shape index (κ2) is 5.83. The molecule has 0 aromatic heterocycles. The first-order valence-corrected chi connectivity index (χ1v) is 4.97. The van der Waals surface area contributed by atoms with Crippen LogP contribution in [-0.4, -0.2) is 5.75 Å². The SMILES string of the molecule is CCC(C)CCS[S]. The summed E-state index contributed by atoms with van der Waals surface area (Å²) in [5.41, 5.74) is 0. The molecule has 1 unspecified atom stereocenters. The Balaban J connectivity index is 2.86. The smallest absolute Gasteiger partial charge is 0.00479 e. The maximum atomic E-state index is 4.73. The molecule has 0 spiro atoms. The van der Waals surface area contributed by atoms with E-state index in [9.17, 15) is 0 Å². The third-order valence-corrected chi connectivity index (χ3v) is 2.29. The number of hydrogen-bond donors (Lipinski definition) is 0. The highest BCUT2D eigenvalue weighted by molar-refractivity contribution is 8.68. The standard InChI is InChI=1S/C6H13S2/c1-3-6(2)4-5-8-7/h6H,3-5H2,1-2H3. The molecule has 0 aliphatic carbocycles. The van der Waals surface area contributed by atoms with Crippen LogP contribution in [0.4, 0.5) is 0 Å². The first-order chi connectivity index (χ1) is 3.81. The normalized spacial score (nSPS) is 13.9. The van der Waals surface area contributed by atoms with Gasteiger partial charge in [-0.3, -0.25) is 0 Å². The summed E-state index contributed by atoms with van der Waals surface area (Å²) in [4.78, 5) is 0. The van der Waals surface area contributed by atoms with Gasteiger partial charge in [0.05, 0.1) is 0 Å². The predicted octanol–water partition coefficient (Wildman–Crippen LogP) is 3.27. The zero-order chi connectivity index (χ0) is 6.41. The van der Waals surface area contributed by atoms with Crippen molar-refractivity contribution < 1.29 is 0 Å². The highest BCUT2D eigenvalue weighted by Gasteiger charge is 1.95. The van der Waals surface area contributed by atoms with Crippen LogP contribution in [0, 0.1) is 5.92 Å². The molecule has 0 aromatic carbocycles. The van der Waals surface area contributed by atoms with E-state index < -0.39 is 0 Å². The van der Waals surface area contributed by atoms with E-state index in [0.29, 0.717) is 0 Å². The molecule has 49 valence electrons. The molecule has 0 saturated heterocycles. The second-order valence-electron chi connectivity index (χ2n) is 2.12. The molecule has 1 atom stereocenters. The van der Waals surface area contributed by atoms with Crippen molar-refractivity contribution >= 4 is 22.5 Å². The molecule has 0 N–H and O–H groups in total. The monoisotopic (exact) mass is 149 g/mol. The number of rotatable bonds is 4. The minimum Gasteiger partial charge on any atom is -0.0817 e. The van der Waals surface area contributed by atoms with E-state index in [1.54, 1.807) is 0 Å². The molecular formula is C6H13S2. The van der Waals surface area contributed by atoms with Crippen molar-refractivity contribution in [1.29, 1.82) is 0 Å². The maximum absolute atomic E-state index is 4.73. The molecule has 0 aliphatic rings. The fraction of sp³-hybridized carbons (Fsp3) is 1.00. The molecule has 0 heterocycles. The van der Waals surface area contributed by atoms with Crippen LogP contribution in [0.2, 0.25) is 0 Å². The summed E-state index contributed by atoms with van der Waals surface area (Å²) in [5, 5.41) is 0. The van der Waals surface area contributed by atoms with Gasteiger partial charge in [-0.15, -0.1) is 0 Å². The maximum Gasteiger partial charge on any atom is 0.00479 e. The van der Waals surface area contributed by atoms with Crippen molar-refractivity contribution in [2.75, 3.05) is 5.75 Å². The van der Waals surface area contributed by atoms with Gasteiger partial charge in [0, 0.05) is 5.75 Å². The van der Waals surface area contributed by atoms with Gasteiger partial charge in [-0.2, -0.15) is 0 Å². The fourth-order valence-electron chi connectivity index (χ4n) is 0.453. The lowest BCUT2D eigenvalue weighted by Crippen LogP contribution is -1.91. The van der Waals surface area contributed by atoms with Gasteiger partial charge < -0.3 is 0 Å². The van der Waals surface area contributed by atoms with Gasteiger partial charge in [0.15, 0.2) is 0 Å². The lowest BCUT2D eigenvalue weighted by atomic mass is 10.1. The molecule has 0 bridgehead atoms. The van der Waals surface area contributed by atoms with Gasteiger partial charge in [-0.1, -0.05) is 31.1 Å². The van der Waals surface area contributed by atoms with Gasteiger partial charge in [0.25, 0.3) is 0 Å². The molecule has 0 fully saturated rings. The molecule has 0 nitrogen and oxygen atoms in total. The van der Waals surface area contributed by atoms with Crippen LogP contribution in [0.5, 0.6) is 0 Å². The van der Waals surface area contributed by atoms with Crippen LogP contribution in [0.15, 0.2) is 0 Å². The van der Waals surface area contributed by atoms with Crippen LogP contribution >= 0.6 is 22.5 Å². The Morgan fingerprint density at radius 1 is 1.62 bits per heavy atom. The molecule has 2 heteroatoms. The molecule has 0 aromatic rings. The summed E-state index contributed by atoms with van der Waals surface area (Å²) in [6.07, 6.45) is 2.57. The summed E-state index contributed by atoms with van der Waals surface area (Å²) < 4.78 is 0. The lowest BCUT2D eigenvalue weighted by molar-refractivity contribution is 0.549. The molecule has 0 rings (SSSR count). The summed E-state index contributed by atoms with van der Waals surface area (Å²) in [7, 11) is 1.53.